The van der Waals surface area contributed by atoms with Crippen molar-refractivity contribution in [3.63, 3.8) is 0 Å². The van der Waals surface area contributed by atoms with E-state index in [1.807, 2.05) is 0 Å². The second-order valence-corrected chi connectivity index (χ2v) is 6.78. The lowest BCUT2D eigenvalue weighted by atomic mass is 10.2. The maximum atomic E-state index is 11.4. The minimum absolute atomic E-state index is 0.232. The molecule has 1 heterocycles. The van der Waals surface area contributed by atoms with Gasteiger partial charge in [0.05, 0.1) is 19.0 Å². The first-order chi connectivity index (χ1) is 7.09. The molecule has 0 spiro atoms. The van der Waals surface area contributed by atoms with Crippen LogP contribution in [0.15, 0.2) is 0 Å². The predicted octanol–water partition coefficient (Wildman–Crippen LogP) is 0.517. The Bertz CT molecular complexity index is 281. The molecule has 0 aromatic rings. The molecule has 1 fully saturated rings. The van der Waals surface area contributed by atoms with Gasteiger partial charge in [0.2, 0.25) is 0 Å². The van der Waals surface area contributed by atoms with Gasteiger partial charge in [0.15, 0.2) is 9.84 Å². The summed E-state index contributed by atoms with van der Waals surface area (Å²) >= 11 is 3.42. The molecule has 0 aromatic heterocycles. The number of ether oxygens (including phenoxy) is 1. The maximum absolute atomic E-state index is 11.4. The van der Waals surface area contributed by atoms with E-state index in [0.717, 1.165) is 11.9 Å². The molecule has 0 amide bonds. The summed E-state index contributed by atoms with van der Waals surface area (Å²) in [5.74, 6) is 0.489. The minimum Gasteiger partial charge on any atom is -0.378 e. The maximum Gasteiger partial charge on any atom is 0.151 e. The molecule has 6 heteroatoms. The summed E-state index contributed by atoms with van der Waals surface area (Å²) in [5.41, 5.74) is 0. The van der Waals surface area contributed by atoms with Gasteiger partial charge in [-0.05, 0) is 0 Å². The third-order valence-electron chi connectivity index (χ3n) is 2.66. The lowest BCUT2D eigenvalue weighted by Crippen LogP contribution is -2.48. The molecule has 0 bridgehead atoms. The monoisotopic (exact) mass is 299 g/mol. The van der Waals surface area contributed by atoms with E-state index in [0.29, 0.717) is 25.8 Å². The number of alkyl halides is 1. The third kappa shape index (κ3) is 4.38. The summed E-state index contributed by atoms with van der Waals surface area (Å²) < 4.78 is 28.1. The van der Waals surface area contributed by atoms with E-state index in [-0.39, 0.29) is 11.5 Å². The molecular weight excluding hydrogens is 282 g/mol. The molecule has 0 N–H and O–H groups in total. The van der Waals surface area contributed by atoms with Crippen LogP contribution in [0.1, 0.15) is 6.92 Å². The van der Waals surface area contributed by atoms with Gasteiger partial charge in [0, 0.05) is 30.2 Å². The quantitative estimate of drug-likeness (QED) is 0.694. The number of sulfone groups is 1. The van der Waals surface area contributed by atoms with Crippen LogP contribution in [-0.2, 0) is 14.6 Å². The number of morpholine rings is 1. The molecule has 4 nitrogen and oxygen atoms in total. The Morgan fingerprint density at radius 3 is 2.87 bits per heavy atom. The number of hydrogen-bond donors (Lipinski definition) is 0. The SMILES string of the molecule is CCS(=O)(=O)CCN1CCOCC1CBr. The molecule has 1 aliphatic rings. The summed E-state index contributed by atoms with van der Waals surface area (Å²) in [6, 6.07) is 0.311. The third-order valence-corrected chi connectivity index (χ3v) is 5.09. The summed E-state index contributed by atoms with van der Waals surface area (Å²) in [6.45, 7) is 4.54. The van der Waals surface area contributed by atoms with Crippen molar-refractivity contribution in [3.05, 3.63) is 0 Å². The van der Waals surface area contributed by atoms with Gasteiger partial charge in [-0.3, -0.25) is 4.90 Å². The van der Waals surface area contributed by atoms with Gasteiger partial charge in [-0.15, -0.1) is 0 Å². The largest absolute Gasteiger partial charge is 0.378 e. The number of halogens is 1. The smallest absolute Gasteiger partial charge is 0.151 e. The van der Waals surface area contributed by atoms with Crippen molar-refractivity contribution in [3.8, 4) is 0 Å². The standard InChI is InChI=1S/C9H18BrNO3S/c1-2-15(12,13)6-4-11-3-5-14-8-9(11)7-10/h9H,2-8H2,1H3. The summed E-state index contributed by atoms with van der Waals surface area (Å²) in [6.07, 6.45) is 0. The van der Waals surface area contributed by atoms with Crippen molar-refractivity contribution >= 4 is 25.8 Å². The Morgan fingerprint density at radius 1 is 1.53 bits per heavy atom. The van der Waals surface area contributed by atoms with Gasteiger partial charge in [0.25, 0.3) is 0 Å². The Kier molecular flexibility index (Phi) is 5.52. The van der Waals surface area contributed by atoms with E-state index in [1.54, 1.807) is 6.92 Å². The van der Waals surface area contributed by atoms with Gasteiger partial charge in [-0.25, -0.2) is 8.42 Å². The van der Waals surface area contributed by atoms with E-state index in [1.165, 1.54) is 0 Å². The first kappa shape index (κ1) is 13.4. The normalized spacial score (nSPS) is 24.3. The van der Waals surface area contributed by atoms with Gasteiger partial charge in [0.1, 0.15) is 0 Å². The van der Waals surface area contributed by atoms with Gasteiger partial charge >= 0.3 is 0 Å². The van der Waals surface area contributed by atoms with E-state index >= 15 is 0 Å². The van der Waals surface area contributed by atoms with Crippen molar-refractivity contribution in [2.75, 3.05) is 43.1 Å². The molecule has 0 aliphatic carbocycles. The molecule has 1 saturated heterocycles. The Labute approximate surface area is 100 Å². The molecule has 1 atom stereocenters. The van der Waals surface area contributed by atoms with Crippen molar-refractivity contribution < 1.29 is 13.2 Å². The molecule has 0 radical (unpaired) electrons. The van der Waals surface area contributed by atoms with Crippen molar-refractivity contribution in [2.24, 2.45) is 0 Å². The van der Waals surface area contributed by atoms with E-state index in [4.69, 9.17) is 4.74 Å². The Balaban J connectivity index is 2.42. The van der Waals surface area contributed by atoms with E-state index < -0.39 is 9.84 Å². The first-order valence-electron chi connectivity index (χ1n) is 5.17. The highest BCUT2D eigenvalue weighted by atomic mass is 79.9. The van der Waals surface area contributed by atoms with Crippen LogP contribution >= 0.6 is 15.9 Å². The zero-order valence-corrected chi connectivity index (χ0v) is 11.4. The Morgan fingerprint density at radius 2 is 2.27 bits per heavy atom. The lowest BCUT2D eigenvalue weighted by molar-refractivity contribution is 0.00503. The van der Waals surface area contributed by atoms with E-state index in [2.05, 4.69) is 20.8 Å². The van der Waals surface area contributed by atoms with Crippen LogP contribution in [0.4, 0.5) is 0 Å². The lowest BCUT2D eigenvalue weighted by Gasteiger charge is -2.34. The second kappa shape index (κ2) is 6.18. The zero-order valence-electron chi connectivity index (χ0n) is 8.99. The highest BCUT2D eigenvalue weighted by Gasteiger charge is 2.22. The van der Waals surface area contributed by atoms with Crippen molar-refractivity contribution in [1.29, 1.82) is 0 Å². The highest BCUT2D eigenvalue weighted by molar-refractivity contribution is 9.09. The van der Waals surface area contributed by atoms with Crippen LogP contribution in [0.5, 0.6) is 0 Å². The van der Waals surface area contributed by atoms with Crippen LogP contribution in [0.3, 0.4) is 0 Å². The van der Waals surface area contributed by atoms with Crippen LogP contribution in [0, 0.1) is 0 Å². The number of nitrogens with zero attached hydrogens (tertiary/aromatic N) is 1. The second-order valence-electron chi connectivity index (χ2n) is 3.66. The molecule has 0 saturated carbocycles. The summed E-state index contributed by atoms with van der Waals surface area (Å²) in [4.78, 5) is 2.19. The molecule has 15 heavy (non-hydrogen) atoms. The molecule has 90 valence electrons. The van der Waals surface area contributed by atoms with Gasteiger partial charge in [-0.2, -0.15) is 0 Å². The first-order valence-corrected chi connectivity index (χ1v) is 8.11. The predicted molar refractivity (Wildman–Crippen MR) is 64.3 cm³/mol. The summed E-state index contributed by atoms with van der Waals surface area (Å²) in [5, 5.41) is 0.833. The average Bonchev–Trinajstić information content (AvgIpc) is 2.27. The van der Waals surface area contributed by atoms with Gasteiger partial charge < -0.3 is 4.74 Å². The minimum atomic E-state index is -2.85. The van der Waals surface area contributed by atoms with E-state index in [9.17, 15) is 8.42 Å². The van der Waals surface area contributed by atoms with Gasteiger partial charge in [-0.1, -0.05) is 22.9 Å². The molecule has 1 unspecified atom stereocenters. The molecule has 1 aliphatic heterocycles. The highest BCUT2D eigenvalue weighted by Crippen LogP contribution is 2.09. The fourth-order valence-electron chi connectivity index (χ4n) is 1.53. The van der Waals surface area contributed by atoms with Crippen LogP contribution in [-0.4, -0.2) is 62.5 Å². The molecule has 1 rings (SSSR count). The van der Waals surface area contributed by atoms with Crippen molar-refractivity contribution in [2.45, 2.75) is 13.0 Å². The molecular formula is C9H18BrNO3S. The molecule has 0 aromatic carbocycles. The fourth-order valence-corrected chi connectivity index (χ4v) is 2.92. The number of rotatable bonds is 5. The average molecular weight is 300 g/mol. The number of hydrogen-bond acceptors (Lipinski definition) is 4. The van der Waals surface area contributed by atoms with Crippen LogP contribution < -0.4 is 0 Å². The van der Waals surface area contributed by atoms with Crippen LogP contribution in [0.2, 0.25) is 0 Å². The van der Waals surface area contributed by atoms with Crippen LogP contribution in [0.25, 0.3) is 0 Å². The zero-order chi connectivity index (χ0) is 11.3. The fraction of sp³-hybridized carbons (Fsp3) is 1.00. The van der Waals surface area contributed by atoms with Crippen molar-refractivity contribution in [1.82, 2.24) is 4.90 Å². The summed E-state index contributed by atoms with van der Waals surface area (Å²) in [7, 11) is -2.85. The topological polar surface area (TPSA) is 46.6 Å². The Hall–Kier alpha value is 0.350.